The maximum absolute atomic E-state index is 12.1. The highest BCUT2D eigenvalue weighted by Gasteiger charge is 2.12. The number of rotatable bonds is 4. The quantitative estimate of drug-likeness (QED) is 0.640. The second kappa shape index (κ2) is 6.12. The zero-order chi connectivity index (χ0) is 15.5. The predicted molar refractivity (Wildman–Crippen MR) is 85.1 cm³/mol. The Kier molecular flexibility index (Phi) is 4.03. The van der Waals surface area contributed by atoms with Crippen LogP contribution in [0.3, 0.4) is 0 Å². The molecule has 0 unspecified atom stereocenters. The van der Waals surface area contributed by atoms with Crippen molar-refractivity contribution in [2.75, 3.05) is 5.32 Å². The van der Waals surface area contributed by atoms with Crippen LogP contribution in [0.25, 0.3) is 11.4 Å². The number of anilines is 1. The number of hydrogen-bond acceptors (Lipinski definition) is 4. The van der Waals surface area contributed by atoms with Gasteiger partial charge in [-0.05, 0) is 36.5 Å². The first-order valence-electron chi connectivity index (χ1n) is 6.34. The lowest BCUT2D eigenvalue weighted by Crippen LogP contribution is -2.19. The number of nitrogens with zero attached hydrogens (tertiary/aromatic N) is 3. The Bertz CT molecular complexity index is 836. The lowest BCUT2D eigenvalue weighted by atomic mass is 10.2. The van der Waals surface area contributed by atoms with Gasteiger partial charge in [-0.15, -0.1) is 0 Å². The monoisotopic (exact) mass is 334 g/mol. The number of hydrogen-bond donors (Lipinski definition) is 3. The molecule has 3 N–H and O–H groups in total. The molecular weight excluding hydrogens is 324 g/mol. The molecule has 9 heteroatoms. The fourth-order valence-corrected chi connectivity index (χ4v) is 2.27. The molecule has 7 nitrogen and oxygen atoms in total. The third-order valence-corrected chi connectivity index (χ3v) is 3.50. The predicted octanol–water partition coefficient (Wildman–Crippen LogP) is 2.62. The van der Waals surface area contributed by atoms with E-state index in [1.54, 1.807) is 29.0 Å². The van der Waals surface area contributed by atoms with E-state index < -0.39 is 0 Å². The van der Waals surface area contributed by atoms with Crippen LogP contribution in [0.2, 0.25) is 5.02 Å². The van der Waals surface area contributed by atoms with E-state index in [2.05, 4.69) is 25.7 Å². The molecule has 0 aliphatic rings. The Morgan fingerprint density at radius 1 is 1.27 bits per heavy atom. The van der Waals surface area contributed by atoms with Crippen LogP contribution < -0.4 is 5.32 Å². The fraction of sp³-hybridized carbons (Fsp3) is 0.0769. The summed E-state index contributed by atoms with van der Waals surface area (Å²) in [6, 6.07) is 8.80. The van der Waals surface area contributed by atoms with E-state index in [0.29, 0.717) is 21.4 Å². The summed E-state index contributed by atoms with van der Waals surface area (Å²) in [5, 5.41) is 16.6. The van der Waals surface area contributed by atoms with E-state index in [-0.39, 0.29) is 12.5 Å². The normalized spacial score (nSPS) is 10.6. The van der Waals surface area contributed by atoms with Crippen LogP contribution in [0, 0.1) is 4.77 Å². The molecule has 0 bridgehead atoms. The van der Waals surface area contributed by atoms with Crippen LogP contribution in [-0.2, 0) is 11.3 Å². The van der Waals surface area contributed by atoms with Crippen LogP contribution in [0.5, 0.6) is 0 Å². The van der Waals surface area contributed by atoms with Crippen molar-refractivity contribution in [3.8, 4) is 11.4 Å². The molecule has 0 aliphatic carbocycles. The Morgan fingerprint density at radius 2 is 2.05 bits per heavy atom. The number of halogens is 1. The van der Waals surface area contributed by atoms with Gasteiger partial charge in [0.15, 0.2) is 10.6 Å². The van der Waals surface area contributed by atoms with Crippen LogP contribution in [0.15, 0.2) is 36.5 Å². The molecule has 0 radical (unpaired) electrons. The lowest BCUT2D eigenvalue weighted by Gasteiger charge is -2.07. The molecule has 0 atom stereocenters. The minimum Gasteiger partial charge on any atom is -0.310 e. The minimum atomic E-state index is -0.239. The number of amides is 1. The topological polar surface area (TPSA) is 91.4 Å². The highest BCUT2D eigenvalue weighted by molar-refractivity contribution is 7.71. The van der Waals surface area contributed by atoms with Crippen molar-refractivity contribution in [2.45, 2.75) is 6.54 Å². The number of carbonyl (C=O) groups excluding carboxylic acids is 1. The van der Waals surface area contributed by atoms with E-state index in [4.69, 9.17) is 23.8 Å². The Morgan fingerprint density at radius 3 is 2.73 bits per heavy atom. The molecule has 0 aliphatic heterocycles. The minimum absolute atomic E-state index is 0.0340. The summed E-state index contributed by atoms with van der Waals surface area (Å²) in [4.78, 5) is 12.1. The first-order chi connectivity index (χ1) is 10.6. The average molecular weight is 335 g/mol. The van der Waals surface area contributed by atoms with Crippen LogP contribution in [-0.4, -0.2) is 30.9 Å². The molecule has 0 saturated carbocycles. The van der Waals surface area contributed by atoms with E-state index in [1.165, 1.54) is 0 Å². The van der Waals surface area contributed by atoms with Crippen LogP contribution in [0.4, 0.5) is 5.82 Å². The number of aromatic nitrogens is 5. The molecule has 1 aromatic carbocycles. The van der Waals surface area contributed by atoms with E-state index in [9.17, 15) is 4.79 Å². The van der Waals surface area contributed by atoms with E-state index in [0.717, 1.165) is 5.56 Å². The van der Waals surface area contributed by atoms with Crippen molar-refractivity contribution in [3.63, 3.8) is 0 Å². The Labute approximate surface area is 135 Å². The van der Waals surface area contributed by atoms with Gasteiger partial charge in [-0.2, -0.15) is 10.2 Å². The summed E-state index contributed by atoms with van der Waals surface area (Å²) in [6.07, 6.45) is 1.55. The van der Waals surface area contributed by atoms with Crippen molar-refractivity contribution in [2.24, 2.45) is 0 Å². The molecule has 2 heterocycles. The largest absolute Gasteiger partial charge is 0.310 e. The Balaban J connectivity index is 1.84. The van der Waals surface area contributed by atoms with Crippen molar-refractivity contribution < 1.29 is 4.79 Å². The molecule has 22 heavy (non-hydrogen) atoms. The molecule has 3 rings (SSSR count). The van der Waals surface area contributed by atoms with Gasteiger partial charge in [0.25, 0.3) is 0 Å². The average Bonchev–Trinajstić information content (AvgIpc) is 3.11. The van der Waals surface area contributed by atoms with Crippen LogP contribution >= 0.6 is 23.8 Å². The standard InChI is InChI=1S/C13H11ClN6OS/c14-9-3-1-8(2-4-9)12-18-19-13(22)20(12)7-11(21)16-10-5-6-15-17-10/h1-6H,7H2,(H,19,22)(H2,15,16,17,21). The SMILES string of the molecule is O=C(Cn1c(-c2ccc(Cl)cc2)n[nH]c1=S)Nc1ccn[nH]1. The van der Waals surface area contributed by atoms with Gasteiger partial charge in [0, 0.05) is 16.7 Å². The molecule has 2 aromatic heterocycles. The highest BCUT2D eigenvalue weighted by atomic mass is 35.5. The molecule has 1 amide bonds. The number of carbonyl (C=O) groups is 1. The second-order valence-corrected chi connectivity index (χ2v) is 5.29. The third kappa shape index (κ3) is 3.07. The smallest absolute Gasteiger partial charge is 0.245 e. The van der Waals surface area contributed by atoms with Crippen LogP contribution in [0.1, 0.15) is 0 Å². The first-order valence-corrected chi connectivity index (χ1v) is 7.12. The summed E-state index contributed by atoms with van der Waals surface area (Å²) < 4.78 is 1.98. The van der Waals surface area contributed by atoms with Gasteiger partial charge in [-0.25, -0.2) is 0 Å². The highest BCUT2D eigenvalue weighted by Crippen LogP contribution is 2.20. The number of H-pyrrole nitrogens is 2. The second-order valence-electron chi connectivity index (χ2n) is 4.46. The van der Waals surface area contributed by atoms with Gasteiger partial charge in [0.05, 0.1) is 6.20 Å². The summed E-state index contributed by atoms with van der Waals surface area (Å²) in [7, 11) is 0. The molecule has 112 valence electrons. The van der Waals surface area contributed by atoms with Gasteiger partial charge >= 0.3 is 0 Å². The maximum Gasteiger partial charge on any atom is 0.245 e. The Hall–Kier alpha value is -2.45. The third-order valence-electron chi connectivity index (χ3n) is 2.94. The van der Waals surface area contributed by atoms with Gasteiger partial charge < -0.3 is 5.32 Å². The number of benzene rings is 1. The molecule has 0 saturated heterocycles. The fourth-order valence-electron chi connectivity index (χ4n) is 1.94. The maximum atomic E-state index is 12.1. The van der Waals surface area contributed by atoms with Gasteiger partial charge in [-0.1, -0.05) is 11.6 Å². The van der Waals surface area contributed by atoms with E-state index in [1.807, 2.05) is 12.1 Å². The van der Waals surface area contributed by atoms with Crippen molar-refractivity contribution >= 4 is 35.5 Å². The summed E-state index contributed by atoms with van der Waals surface area (Å²) in [6.45, 7) is 0.0340. The zero-order valence-electron chi connectivity index (χ0n) is 11.2. The van der Waals surface area contributed by atoms with Gasteiger partial charge in [0.1, 0.15) is 12.4 Å². The first kappa shape index (κ1) is 14.5. The lowest BCUT2D eigenvalue weighted by molar-refractivity contribution is -0.116. The van der Waals surface area contributed by atoms with Gasteiger partial charge in [0.2, 0.25) is 5.91 Å². The molecule has 0 spiro atoms. The number of aromatic amines is 2. The number of nitrogens with one attached hydrogen (secondary N) is 3. The summed E-state index contributed by atoms with van der Waals surface area (Å²) >= 11 is 11.1. The van der Waals surface area contributed by atoms with Crippen molar-refractivity contribution in [1.82, 2.24) is 25.0 Å². The summed E-state index contributed by atoms with van der Waals surface area (Å²) in [5.41, 5.74) is 0.811. The molecule has 0 fully saturated rings. The van der Waals surface area contributed by atoms with E-state index >= 15 is 0 Å². The molecular formula is C13H11ClN6OS. The van der Waals surface area contributed by atoms with Crippen molar-refractivity contribution in [3.05, 3.63) is 46.3 Å². The van der Waals surface area contributed by atoms with Crippen molar-refractivity contribution in [1.29, 1.82) is 0 Å². The molecule has 3 aromatic rings. The summed E-state index contributed by atoms with van der Waals surface area (Å²) in [5.74, 6) is 0.853. The zero-order valence-corrected chi connectivity index (χ0v) is 12.8. The van der Waals surface area contributed by atoms with Gasteiger partial charge in [-0.3, -0.25) is 19.6 Å².